The molecule has 0 spiro atoms. The highest BCUT2D eigenvalue weighted by Gasteiger charge is 2.34. The first-order chi connectivity index (χ1) is 10.8. The lowest BCUT2D eigenvalue weighted by Gasteiger charge is -2.29. The summed E-state index contributed by atoms with van der Waals surface area (Å²) in [7, 11) is 0. The number of nitrogens with one attached hydrogen (secondary N) is 1. The molecule has 5 heteroatoms. The van der Waals surface area contributed by atoms with E-state index >= 15 is 0 Å². The van der Waals surface area contributed by atoms with Crippen LogP contribution in [0.4, 0.5) is 0 Å². The van der Waals surface area contributed by atoms with Crippen molar-refractivity contribution in [3.63, 3.8) is 0 Å². The van der Waals surface area contributed by atoms with E-state index in [0.29, 0.717) is 31.1 Å². The number of amides is 2. The van der Waals surface area contributed by atoms with Crippen molar-refractivity contribution in [2.24, 2.45) is 11.8 Å². The van der Waals surface area contributed by atoms with Crippen molar-refractivity contribution in [2.45, 2.75) is 72.3 Å². The summed E-state index contributed by atoms with van der Waals surface area (Å²) in [5.74, 6) is 0.384. The van der Waals surface area contributed by atoms with Crippen LogP contribution in [-0.4, -0.2) is 41.6 Å². The van der Waals surface area contributed by atoms with Crippen LogP contribution in [0.5, 0.6) is 0 Å². The fourth-order valence-electron chi connectivity index (χ4n) is 2.74. The van der Waals surface area contributed by atoms with Crippen molar-refractivity contribution in [3.8, 4) is 0 Å². The second kappa shape index (κ2) is 9.81. The molecule has 1 rings (SSSR count). The summed E-state index contributed by atoms with van der Waals surface area (Å²) in [6, 6.07) is -0.579. The van der Waals surface area contributed by atoms with E-state index in [1.54, 1.807) is 0 Å². The molecule has 1 aliphatic rings. The van der Waals surface area contributed by atoms with Gasteiger partial charge in [0, 0.05) is 12.8 Å². The number of nitrogens with zero attached hydrogens (tertiary/aromatic N) is 1. The smallest absolute Gasteiger partial charge is 0.229 e. The minimum absolute atomic E-state index is 0.0432. The van der Waals surface area contributed by atoms with Crippen molar-refractivity contribution in [3.05, 3.63) is 0 Å². The minimum Gasteiger partial charge on any atom is -0.310 e. The molecule has 1 saturated heterocycles. The Morgan fingerprint density at radius 1 is 1.09 bits per heavy atom. The summed E-state index contributed by atoms with van der Waals surface area (Å²) in [5.41, 5.74) is 0. The highest BCUT2D eigenvalue weighted by atomic mass is 16.2. The van der Waals surface area contributed by atoms with Gasteiger partial charge in [-0.05, 0) is 44.1 Å². The predicted octanol–water partition coefficient (Wildman–Crippen LogP) is 2.54. The number of imide groups is 1. The Hall–Kier alpha value is -1.23. The van der Waals surface area contributed by atoms with Crippen LogP contribution in [0, 0.1) is 11.8 Å². The molecule has 1 aliphatic heterocycles. The molecule has 0 aromatic rings. The fraction of sp³-hybridized carbons (Fsp3) is 0.833. The van der Waals surface area contributed by atoms with E-state index in [2.05, 4.69) is 33.0 Å². The number of hydrogen-bond acceptors (Lipinski definition) is 4. The normalized spacial score (nSPS) is 19.0. The van der Waals surface area contributed by atoms with Crippen molar-refractivity contribution in [2.75, 3.05) is 13.1 Å². The molecule has 0 unspecified atom stereocenters. The molecule has 5 nitrogen and oxygen atoms in total. The monoisotopic (exact) mass is 324 g/mol. The molecule has 0 saturated carbocycles. The molecule has 0 aromatic carbocycles. The first-order valence-corrected chi connectivity index (χ1v) is 8.91. The van der Waals surface area contributed by atoms with Gasteiger partial charge in [0.1, 0.15) is 0 Å². The molecule has 132 valence electrons. The third kappa shape index (κ3) is 6.81. The number of ketones is 1. The third-order valence-corrected chi connectivity index (χ3v) is 4.22. The lowest BCUT2D eigenvalue weighted by Crippen LogP contribution is -2.49. The topological polar surface area (TPSA) is 66.5 Å². The zero-order valence-electron chi connectivity index (χ0n) is 15.1. The molecular weight excluding hydrogens is 292 g/mol. The molecule has 23 heavy (non-hydrogen) atoms. The van der Waals surface area contributed by atoms with E-state index in [0.717, 1.165) is 25.8 Å². The van der Waals surface area contributed by atoms with Crippen molar-refractivity contribution in [1.29, 1.82) is 0 Å². The molecular formula is C18H32N2O3. The van der Waals surface area contributed by atoms with E-state index in [4.69, 9.17) is 0 Å². The van der Waals surface area contributed by atoms with E-state index in [1.807, 2.05) is 0 Å². The van der Waals surface area contributed by atoms with Gasteiger partial charge in [0.05, 0.1) is 12.6 Å². The van der Waals surface area contributed by atoms with Crippen LogP contribution >= 0.6 is 0 Å². The molecule has 0 aliphatic carbocycles. The van der Waals surface area contributed by atoms with Gasteiger partial charge in [-0.1, -0.05) is 27.7 Å². The molecule has 1 atom stereocenters. The first-order valence-electron chi connectivity index (χ1n) is 8.91. The Balaban J connectivity index is 2.87. The highest BCUT2D eigenvalue weighted by molar-refractivity contribution is 6.01. The summed E-state index contributed by atoms with van der Waals surface area (Å²) in [6.45, 7) is 9.22. The van der Waals surface area contributed by atoms with E-state index in [9.17, 15) is 14.4 Å². The van der Waals surface area contributed by atoms with Gasteiger partial charge < -0.3 is 5.32 Å². The Morgan fingerprint density at radius 3 is 2.09 bits per heavy atom. The maximum Gasteiger partial charge on any atom is 0.229 e. The quantitative estimate of drug-likeness (QED) is 0.781. The van der Waals surface area contributed by atoms with Gasteiger partial charge in [0.2, 0.25) is 11.8 Å². The van der Waals surface area contributed by atoms with Crippen LogP contribution in [0.1, 0.15) is 66.2 Å². The summed E-state index contributed by atoms with van der Waals surface area (Å²) < 4.78 is 0. The fourth-order valence-corrected chi connectivity index (χ4v) is 2.74. The van der Waals surface area contributed by atoms with Gasteiger partial charge in [-0.15, -0.1) is 0 Å². The molecule has 1 fully saturated rings. The Morgan fingerprint density at radius 2 is 1.61 bits per heavy atom. The van der Waals surface area contributed by atoms with Crippen LogP contribution in [0.3, 0.4) is 0 Å². The van der Waals surface area contributed by atoms with Crippen LogP contribution in [0.15, 0.2) is 0 Å². The summed E-state index contributed by atoms with van der Waals surface area (Å²) in [5, 5.41) is 3.06. The van der Waals surface area contributed by atoms with E-state index in [1.165, 1.54) is 4.90 Å². The number of carbonyl (C=O) groups is 3. The second-order valence-corrected chi connectivity index (χ2v) is 7.32. The minimum atomic E-state index is -0.579. The Labute approximate surface area is 140 Å². The number of carbonyl (C=O) groups excluding carboxylic acids is 3. The third-order valence-electron chi connectivity index (χ3n) is 4.22. The zero-order chi connectivity index (χ0) is 17.4. The summed E-state index contributed by atoms with van der Waals surface area (Å²) >= 11 is 0. The van der Waals surface area contributed by atoms with Gasteiger partial charge in [0.25, 0.3) is 0 Å². The van der Waals surface area contributed by atoms with Crippen LogP contribution in [-0.2, 0) is 14.4 Å². The molecule has 1 heterocycles. The van der Waals surface area contributed by atoms with Gasteiger partial charge in [-0.25, -0.2) is 0 Å². The lowest BCUT2D eigenvalue weighted by atomic mass is 10.0. The van der Waals surface area contributed by atoms with Gasteiger partial charge in [0.15, 0.2) is 5.78 Å². The molecule has 0 aromatic heterocycles. The standard InChI is InChI=1S/C18H32N2O3/c1-13(2)7-9-17(22)20(18(23)10-8-14(3)4)15-6-5-11-19-12-16(15)21/h13-15,19H,5-12H2,1-4H3/t15-/m0/s1. The van der Waals surface area contributed by atoms with E-state index in [-0.39, 0.29) is 24.1 Å². The lowest BCUT2D eigenvalue weighted by molar-refractivity contribution is -0.151. The SMILES string of the molecule is CC(C)CCC(=O)N(C(=O)CCC(C)C)[C@H]1CCCNCC1=O. The number of rotatable bonds is 7. The first kappa shape index (κ1) is 19.8. The van der Waals surface area contributed by atoms with Gasteiger partial charge >= 0.3 is 0 Å². The van der Waals surface area contributed by atoms with Crippen molar-refractivity contribution < 1.29 is 14.4 Å². The van der Waals surface area contributed by atoms with Crippen molar-refractivity contribution in [1.82, 2.24) is 10.2 Å². The average molecular weight is 324 g/mol. The second-order valence-electron chi connectivity index (χ2n) is 7.32. The van der Waals surface area contributed by atoms with Crippen LogP contribution in [0.2, 0.25) is 0 Å². The largest absolute Gasteiger partial charge is 0.310 e. The number of hydrogen-bond donors (Lipinski definition) is 1. The van der Waals surface area contributed by atoms with Gasteiger partial charge in [-0.2, -0.15) is 0 Å². The maximum atomic E-state index is 12.6. The summed E-state index contributed by atoms with van der Waals surface area (Å²) in [4.78, 5) is 38.9. The Bertz CT molecular complexity index is 394. The van der Waals surface area contributed by atoms with Crippen molar-refractivity contribution >= 4 is 17.6 Å². The van der Waals surface area contributed by atoms with Crippen LogP contribution < -0.4 is 5.32 Å². The molecule has 0 radical (unpaired) electrons. The zero-order valence-corrected chi connectivity index (χ0v) is 15.1. The molecule has 2 amide bonds. The van der Waals surface area contributed by atoms with Gasteiger partial charge in [-0.3, -0.25) is 19.3 Å². The molecule has 0 bridgehead atoms. The molecule has 1 N–H and O–H groups in total. The maximum absolute atomic E-state index is 12.6. The van der Waals surface area contributed by atoms with Crippen LogP contribution in [0.25, 0.3) is 0 Å². The predicted molar refractivity (Wildman–Crippen MR) is 90.9 cm³/mol. The Kier molecular flexibility index (Phi) is 8.45. The van der Waals surface area contributed by atoms with E-state index < -0.39 is 6.04 Å². The highest BCUT2D eigenvalue weighted by Crippen LogP contribution is 2.18. The summed E-state index contributed by atoms with van der Waals surface area (Å²) in [6.07, 6.45) is 3.54. The number of Topliss-reactive ketones (excluding diaryl/α,β-unsaturated/α-hetero) is 1. The average Bonchev–Trinajstić information content (AvgIpc) is 2.68.